The molecule has 5 heteroatoms. The molecule has 2 heterocycles. The molecule has 0 aromatic rings. The summed E-state index contributed by atoms with van der Waals surface area (Å²) < 4.78 is 0. The maximum absolute atomic E-state index is 12.2. The van der Waals surface area contributed by atoms with Crippen LogP contribution in [0.15, 0.2) is 0 Å². The van der Waals surface area contributed by atoms with Crippen LogP contribution in [0.1, 0.15) is 33.6 Å². The molecule has 0 saturated carbocycles. The van der Waals surface area contributed by atoms with E-state index in [-0.39, 0.29) is 0 Å². The molecule has 0 aromatic heterocycles. The van der Waals surface area contributed by atoms with Crippen molar-refractivity contribution in [2.24, 2.45) is 5.41 Å². The highest BCUT2D eigenvalue weighted by atomic mass is 16.2. The molecule has 0 atom stereocenters. The molecule has 0 unspecified atom stereocenters. The average molecular weight is 310 g/mol. The summed E-state index contributed by atoms with van der Waals surface area (Å²) >= 11 is 0. The van der Waals surface area contributed by atoms with Gasteiger partial charge in [0.2, 0.25) is 5.91 Å². The third-order valence-electron chi connectivity index (χ3n) is 4.75. The van der Waals surface area contributed by atoms with Crippen molar-refractivity contribution in [3.05, 3.63) is 0 Å². The number of rotatable bonds is 5. The fourth-order valence-electron chi connectivity index (χ4n) is 3.06. The highest BCUT2D eigenvalue weighted by Crippen LogP contribution is 2.19. The van der Waals surface area contributed by atoms with E-state index in [9.17, 15) is 4.79 Å². The van der Waals surface area contributed by atoms with E-state index in [2.05, 4.69) is 35.9 Å². The number of hydrogen-bond acceptors (Lipinski definition) is 4. The summed E-state index contributed by atoms with van der Waals surface area (Å²) in [6, 6.07) is 0. The summed E-state index contributed by atoms with van der Waals surface area (Å²) in [6.07, 6.45) is 1.94. The first-order chi connectivity index (χ1) is 10.4. The normalized spacial score (nSPS) is 22.0. The molecule has 128 valence electrons. The second kappa shape index (κ2) is 8.27. The Morgan fingerprint density at radius 1 is 0.909 bits per heavy atom. The summed E-state index contributed by atoms with van der Waals surface area (Å²) in [5.41, 5.74) is 0.423. The molecule has 2 fully saturated rings. The zero-order chi connectivity index (χ0) is 16.0. The van der Waals surface area contributed by atoms with Gasteiger partial charge in [0, 0.05) is 65.3 Å². The van der Waals surface area contributed by atoms with Gasteiger partial charge in [-0.3, -0.25) is 4.79 Å². The minimum Gasteiger partial charge on any atom is -0.340 e. The van der Waals surface area contributed by atoms with Gasteiger partial charge in [-0.15, -0.1) is 0 Å². The van der Waals surface area contributed by atoms with Gasteiger partial charge in [-0.25, -0.2) is 0 Å². The lowest BCUT2D eigenvalue weighted by atomic mass is 9.92. The standard InChI is InChI=1S/C17H34N4O/c1-17(2,3)5-9-20-14-12-19(13-15-20)8-4-16(22)21-10-6-18-7-11-21/h18H,4-15H2,1-3H3. The third kappa shape index (κ3) is 6.23. The van der Waals surface area contributed by atoms with Crippen LogP contribution in [0.25, 0.3) is 0 Å². The molecule has 0 aromatic carbocycles. The molecule has 2 saturated heterocycles. The minimum atomic E-state index is 0.330. The Balaban J connectivity index is 1.60. The van der Waals surface area contributed by atoms with E-state index in [1.165, 1.54) is 13.0 Å². The van der Waals surface area contributed by atoms with E-state index in [4.69, 9.17) is 0 Å². The van der Waals surface area contributed by atoms with Crippen LogP contribution in [0, 0.1) is 5.41 Å². The monoisotopic (exact) mass is 310 g/mol. The molecule has 2 aliphatic heterocycles. The first-order valence-electron chi connectivity index (χ1n) is 8.87. The Kier molecular flexibility index (Phi) is 6.66. The first kappa shape index (κ1) is 17.7. The van der Waals surface area contributed by atoms with Crippen LogP contribution in [0.5, 0.6) is 0 Å². The van der Waals surface area contributed by atoms with Crippen LogP contribution in [-0.4, -0.2) is 86.1 Å². The molecular formula is C17H34N4O. The molecule has 5 nitrogen and oxygen atoms in total. The van der Waals surface area contributed by atoms with Gasteiger partial charge in [-0.1, -0.05) is 20.8 Å². The Hall–Kier alpha value is -0.650. The zero-order valence-corrected chi connectivity index (χ0v) is 14.7. The zero-order valence-electron chi connectivity index (χ0n) is 14.7. The average Bonchev–Trinajstić information content (AvgIpc) is 2.52. The van der Waals surface area contributed by atoms with E-state index in [0.29, 0.717) is 17.7 Å². The SMILES string of the molecule is CC(C)(C)CCN1CCN(CCC(=O)N2CCNCC2)CC1. The Morgan fingerprint density at radius 2 is 1.45 bits per heavy atom. The molecule has 0 aliphatic carbocycles. The van der Waals surface area contributed by atoms with Crippen molar-refractivity contribution >= 4 is 5.91 Å². The number of hydrogen-bond donors (Lipinski definition) is 1. The second-order valence-corrected chi connectivity index (χ2v) is 7.87. The van der Waals surface area contributed by atoms with Gasteiger partial charge < -0.3 is 20.0 Å². The summed E-state index contributed by atoms with van der Waals surface area (Å²) in [6.45, 7) is 17.2. The van der Waals surface area contributed by atoms with E-state index < -0.39 is 0 Å². The van der Waals surface area contributed by atoms with Gasteiger partial charge in [0.1, 0.15) is 0 Å². The van der Waals surface area contributed by atoms with Crippen molar-refractivity contribution in [1.29, 1.82) is 0 Å². The molecule has 1 amide bonds. The molecule has 2 aliphatic rings. The fraction of sp³-hybridized carbons (Fsp3) is 0.941. The summed E-state index contributed by atoms with van der Waals surface area (Å²) in [7, 11) is 0. The number of amides is 1. The van der Waals surface area contributed by atoms with Gasteiger partial charge >= 0.3 is 0 Å². The lowest BCUT2D eigenvalue weighted by molar-refractivity contribution is -0.132. The van der Waals surface area contributed by atoms with Crippen LogP contribution in [-0.2, 0) is 4.79 Å². The van der Waals surface area contributed by atoms with Crippen LogP contribution < -0.4 is 5.32 Å². The second-order valence-electron chi connectivity index (χ2n) is 7.87. The van der Waals surface area contributed by atoms with Gasteiger partial charge in [-0.2, -0.15) is 0 Å². The summed E-state index contributed by atoms with van der Waals surface area (Å²) in [5, 5.41) is 3.29. The Bertz CT molecular complexity index is 339. The van der Waals surface area contributed by atoms with Gasteiger partial charge in [-0.05, 0) is 18.4 Å². The number of nitrogens with zero attached hydrogens (tertiary/aromatic N) is 3. The molecule has 1 N–H and O–H groups in total. The summed E-state index contributed by atoms with van der Waals surface area (Å²) in [4.78, 5) is 19.2. The number of carbonyl (C=O) groups is 1. The molecular weight excluding hydrogens is 276 g/mol. The van der Waals surface area contributed by atoms with Gasteiger partial charge in [0.05, 0.1) is 0 Å². The van der Waals surface area contributed by atoms with Crippen molar-refractivity contribution in [2.75, 3.05) is 65.4 Å². The largest absolute Gasteiger partial charge is 0.340 e. The van der Waals surface area contributed by atoms with Gasteiger partial charge in [0.15, 0.2) is 0 Å². The summed E-state index contributed by atoms with van der Waals surface area (Å²) in [5.74, 6) is 0.330. The van der Waals surface area contributed by atoms with Crippen LogP contribution >= 0.6 is 0 Å². The fourth-order valence-corrected chi connectivity index (χ4v) is 3.06. The number of piperazine rings is 2. The Labute approximate surface area is 136 Å². The van der Waals surface area contributed by atoms with Crippen molar-refractivity contribution in [3.8, 4) is 0 Å². The predicted octanol–water partition coefficient (Wildman–Crippen LogP) is 0.862. The highest BCUT2D eigenvalue weighted by molar-refractivity contribution is 5.76. The van der Waals surface area contributed by atoms with Gasteiger partial charge in [0.25, 0.3) is 0 Å². The quantitative estimate of drug-likeness (QED) is 0.817. The van der Waals surface area contributed by atoms with Crippen molar-refractivity contribution in [1.82, 2.24) is 20.0 Å². The van der Waals surface area contributed by atoms with Crippen LogP contribution in [0.2, 0.25) is 0 Å². The minimum absolute atomic E-state index is 0.330. The number of nitrogens with one attached hydrogen (secondary N) is 1. The number of carbonyl (C=O) groups excluding carboxylic acids is 1. The molecule has 2 rings (SSSR count). The van der Waals surface area contributed by atoms with Crippen molar-refractivity contribution in [2.45, 2.75) is 33.6 Å². The maximum Gasteiger partial charge on any atom is 0.223 e. The van der Waals surface area contributed by atoms with Crippen molar-refractivity contribution < 1.29 is 4.79 Å². The molecule has 0 spiro atoms. The van der Waals surface area contributed by atoms with Crippen LogP contribution in [0.3, 0.4) is 0 Å². The van der Waals surface area contributed by atoms with E-state index in [1.807, 2.05) is 4.90 Å². The third-order valence-corrected chi connectivity index (χ3v) is 4.75. The topological polar surface area (TPSA) is 38.8 Å². The smallest absolute Gasteiger partial charge is 0.223 e. The molecule has 22 heavy (non-hydrogen) atoms. The van der Waals surface area contributed by atoms with E-state index >= 15 is 0 Å². The first-order valence-corrected chi connectivity index (χ1v) is 8.87. The molecule has 0 radical (unpaired) electrons. The Morgan fingerprint density at radius 3 is 2.00 bits per heavy atom. The highest BCUT2D eigenvalue weighted by Gasteiger charge is 2.21. The lowest BCUT2D eigenvalue weighted by Gasteiger charge is -2.36. The van der Waals surface area contributed by atoms with Crippen LogP contribution in [0.4, 0.5) is 0 Å². The van der Waals surface area contributed by atoms with E-state index in [1.54, 1.807) is 0 Å². The maximum atomic E-state index is 12.2. The van der Waals surface area contributed by atoms with E-state index in [0.717, 1.165) is 58.9 Å². The lowest BCUT2D eigenvalue weighted by Crippen LogP contribution is -2.49. The van der Waals surface area contributed by atoms with Crippen molar-refractivity contribution in [3.63, 3.8) is 0 Å². The molecule has 0 bridgehead atoms. The predicted molar refractivity (Wildman–Crippen MR) is 91.0 cm³/mol.